The van der Waals surface area contributed by atoms with Gasteiger partial charge in [-0.1, -0.05) is 58.0 Å². The van der Waals surface area contributed by atoms with Crippen LogP contribution in [0.1, 0.15) is 65.4 Å². The molecule has 2 rings (SSSR count). The molecule has 0 unspecified atom stereocenters. The number of aliphatic carboxylic acids is 2. The monoisotopic (exact) mass is 603 g/mol. The second-order valence-electron chi connectivity index (χ2n) is 11.7. The lowest BCUT2D eigenvalue weighted by atomic mass is 9.99. The van der Waals surface area contributed by atoms with E-state index in [4.69, 9.17) is 10.8 Å². The minimum absolute atomic E-state index is 0.0273. The number of nitrogens with one attached hydrogen (secondary N) is 3. The summed E-state index contributed by atoms with van der Waals surface area (Å²) in [6.45, 7) is 7.34. The van der Waals surface area contributed by atoms with E-state index in [1.54, 1.807) is 44.2 Å². The number of likely N-dealkylation sites (tertiary alicyclic amines) is 1. The summed E-state index contributed by atoms with van der Waals surface area (Å²) >= 11 is 0. The molecular formula is C30H45N5O8. The number of nitrogens with zero attached hydrogens (tertiary/aromatic N) is 1. The predicted molar refractivity (Wildman–Crippen MR) is 157 cm³/mol. The van der Waals surface area contributed by atoms with Crippen LogP contribution in [0.25, 0.3) is 0 Å². The highest BCUT2D eigenvalue weighted by molar-refractivity contribution is 5.95. The lowest BCUT2D eigenvalue weighted by Crippen LogP contribution is -2.59. The number of carbonyl (C=O) groups excluding carboxylic acids is 4. The van der Waals surface area contributed by atoms with Gasteiger partial charge in [0.05, 0.1) is 6.04 Å². The van der Waals surface area contributed by atoms with E-state index in [1.165, 1.54) is 4.90 Å². The molecule has 0 aliphatic carbocycles. The van der Waals surface area contributed by atoms with Gasteiger partial charge in [0.1, 0.15) is 24.2 Å². The van der Waals surface area contributed by atoms with Crippen molar-refractivity contribution >= 4 is 35.6 Å². The molecule has 43 heavy (non-hydrogen) atoms. The molecule has 1 aliphatic rings. The van der Waals surface area contributed by atoms with Crippen LogP contribution in [0.5, 0.6) is 0 Å². The highest BCUT2D eigenvalue weighted by atomic mass is 16.4. The zero-order valence-electron chi connectivity index (χ0n) is 25.2. The summed E-state index contributed by atoms with van der Waals surface area (Å²) in [5, 5.41) is 26.5. The van der Waals surface area contributed by atoms with Crippen molar-refractivity contribution in [3.8, 4) is 0 Å². The highest BCUT2D eigenvalue weighted by Crippen LogP contribution is 2.20. The first-order chi connectivity index (χ1) is 20.2. The Morgan fingerprint density at radius 2 is 1.56 bits per heavy atom. The molecule has 1 saturated heterocycles. The molecule has 0 radical (unpaired) electrons. The molecule has 0 saturated carbocycles. The molecule has 13 nitrogen and oxygen atoms in total. The molecule has 1 aliphatic heterocycles. The van der Waals surface area contributed by atoms with Gasteiger partial charge in [0, 0.05) is 19.4 Å². The number of carboxylic acids is 2. The number of nitrogens with two attached hydrogens (primary N) is 1. The van der Waals surface area contributed by atoms with Crippen molar-refractivity contribution in [2.45, 2.75) is 96.4 Å². The van der Waals surface area contributed by atoms with Gasteiger partial charge in [-0.2, -0.15) is 0 Å². The Hall–Kier alpha value is -4.00. The number of carboxylic acid groups (broad SMARTS) is 2. The van der Waals surface area contributed by atoms with E-state index in [1.807, 2.05) is 13.8 Å². The van der Waals surface area contributed by atoms with Crippen LogP contribution in [0, 0.1) is 11.8 Å². The van der Waals surface area contributed by atoms with Gasteiger partial charge in [-0.25, -0.2) is 4.79 Å². The van der Waals surface area contributed by atoms with Gasteiger partial charge in [0.2, 0.25) is 23.6 Å². The van der Waals surface area contributed by atoms with Crippen molar-refractivity contribution in [2.24, 2.45) is 17.6 Å². The molecule has 1 aromatic rings. The van der Waals surface area contributed by atoms with Crippen LogP contribution < -0.4 is 21.7 Å². The predicted octanol–water partition coefficient (Wildman–Crippen LogP) is 0.653. The maximum Gasteiger partial charge on any atom is 0.326 e. The minimum atomic E-state index is -1.20. The standard InChI is InChI=1S/C30H45N5O8/c1-17(2)15-21(33-28(40)23-11-8-14-35(23)29(41)20(31)12-13-24(36)37)26(38)32-22(16-19-9-6-5-7-10-19)27(39)34-25(18(3)4)30(42)43/h5-7,9-10,17-18,20-23,25H,8,11-16,31H2,1-4H3,(H,32,38)(H,33,40)(H,34,39)(H,36,37)(H,42,43)/t20-,21-,22-,23-,25-/m0/s1. The number of rotatable bonds is 16. The third-order valence-electron chi connectivity index (χ3n) is 7.31. The number of benzene rings is 1. The summed E-state index contributed by atoms with van der Waals surface area (Å²) < 4.78 is 0. The van der Waals surface area contributed by atoms with Crippen LogP contribution in [-0.4, -0.2) is 87.4 Å². The summed E-state index contributed by atoms with van der Waals surface area (Å²) in [6, 6.07) is 3.65. The van der Waals surface area contributed by atoms with Crippen LogP contribution >= 0.6 is 0 Å². The van der Waals surface area contributed by atoms with Crippen molar-refractivity contribution < 1.29 is 39.0 Å². The molecule has 0 bridgehead atoms. The third kappa shape index (κ3) is 11.0. The average molecular weight is 604 g/mol. The van der Waals surface area contributed by atoms with Gasteiger partial charge in [0.15, 0.2) is 0 Å². The smallest absolute Gasteiger partial charge is 0.326 e. The largest absolute Gasteiger partial charge is 0.481 e. The van der Waals surface area contributed by atoms with Gasteiger partial charge >= 0.3 is 11.9 Å². The van der Waals surface area contributed by atoms with E-state index >= 15 is 0 Å². The summed E-state index contributed by atoms with van der Waals surface area (Å²) in [5.41, 5.74) is 6.66. The van der Waals surface area contributed by atoms with Gasteiger partial charge in [-0.15, -0.1) is 0 Å². The second kappa shape index (κ2) is 16.6. The van der Waals surface area contributed by atoms with Crippen molar-refractivity contribution in [1.82, 2.24) is 20.9 Å². The van der Waals surface area contributed by atoms with E-state index < -0.39 is 71.7 Å². The lowest BCUT2D eigenvalue weighted by Gasteiger charge is -2.29. The van der Waals surface area contributed by atoms with E-state index in [-0.39, 0.29) is 38.1 Å². The Morgan fingerprint density at radius 3 is 2.12 bits per heavy atom. The van der Waals surface area contributed by atoms with Crippen molar-refractivity contribution in [2.75, 3.05) is 6.54 Å². The molecule has 0 spiro atoms. The van der Waals surface area contributed by atoms with E-state index in [0.717, 1.165) is 5.56 Å². The molecule has 0 aromatic heterocycles. The maximum absolute atomic E-state index is 13.6. The van der Waals surface area contributed by atoms with E-state index in [2.05, 4.69) is 16.0 Å². The topological polar surface area (TPSA) is 208 Å². The number of carbonyl (C=O) groups is 6. The van der Waals surface area contributed by atoms with Crippen LogP contribution in [0.15, 0.2) is 30.3 Å². The summed E-state index contributed by atoms with van der Waals surface area (Å²) in [6.07, 6.45) is 0.864. The maximum atomic E-state index is 13.6. The molecule has 7 N–H and O–H groups in total. The molecular weight excluding hydrogens is 558 g/mol. The normalized spacial score (nSPS) is 17.6. The fraction of sp³-hybridized carbons (Fsp3) is 0.600. The SMILES string of the molecule is CC(C)C[C@H](NC(=O)[C@@H]1CCCN1C(=O)[C@@H](N)CCC(=O)O)C(=O)N[C@@H](Cc1ccccc1)C(=O)N[C@H](C(=O)O)C(C)C. The summed E-state index contributed by atoms with van der Waals surface area (Å²) in [4.78, 5) is 77.1. The summed E-state index contributed by atoms with van der Waals surface area (Å²) in [5.74, 6) is -5.08. The molecule has 238 valence electrons. The van der Waals surface area contributed by atoms with Gasteiger partial charge in [-0.05, 0) is 43.1 Å². The zero-order chi connectivity index (χ0) is 32.3. The summed E-state index contributed by atoms with van der Waals surface area (Å²) in [7, 11) is 0. The van der Waals surface area contributed by atoms with Crippen LogP contribution in [0.4, 0.5) is 0 Å². The third-order valence-corrected chi connectivity index (χ3v) is 7.31. The first-order valence-electron chi connectivity index (χ1n) is 14.7. The van der Waals surface area contributed by atoms with E-state index in [9.17, 15) is 33.9 Å². The Kier molecular flexibility index (Phi) is 13.6. The molecule has 1 heterocycles. The second-order valence-corrected chi connectivity index (χ2v) is 11.7. The Bertz CT molecular complexity index is 1140. The molecule has 13 heteroatoms. The Labute approximate surface area is 251 Å². The van der Waals surface area contributed by atoms with Crippen LogP contribution in [0.3, 0.4) is 0 Å². The van der Waals surface area contributed by atoms with Crippen LogP contribution in [0.2, 0.25) is 0 Å². The number of amides is 4. The lowest BCUT2D eigenvalue weighted by molar-refractivity contribution is -0.143. The molecule has 4 amide bonds. The molecule has 5 atom stereocenters. The highest BCUT2D eigenvalue weighted by Gasteiger charge is 2.38. The minimum Gasteiger partial charge on any atom is -0.481 e. The Balaban J connectivity index is 2.22. The van der Waals surface area contributed by atoms with Crippen molar-refractivity contribution in [3.05, 3.63) is 35.9 Å². The number of hydrogen-bond donors (Lipinski definition) is 6. The van der Waals surface area contributed by atoms with Gasteiger partial charge < -0.3 is 36.8 Å². The first kappa shape index (κ1) is 35.2. The quantitative estimate of drug-likeness (QED) is 0.157. The van der Waals surface area contributed by atoms with Crippen LogP contribution in [-0.2, 0) is 35.2 Å². The van der Waals surface area contributed by atoms with E-state index in [0.29, 0.717) is 12.8 Å². The molecule has 1 aromatic carbocycles. The van der Waals surface area contributed by atoms with Crippen molar-refractivity contribution in [1.29, 1.82) is 0 Å². The van der Waals surface area contributed by atoms with Crippen molar-refractivity contribution in [3.63, 3.8) is 0 Å². The Morgan fingerprint density at radius 1 is 0.930 bits per heavy atom. The fourth-order valence-electron chi connectivity index (χ4n) is 4.99. The first-order valence-corrected chi connectivity index (χ1v) is 14.7. The van der Waals surface area contributed by atoms with Gasteiger partial charge in [0.25, 0.3) is 0 Å². The van der Waals surface area contributed by atoms with Gasteiger partial charge in [-0.3, -0.25) is 24.0 Å². The molecule has 1 fully saturated rings. The number of hydrogen-bond acceptors (Lipinski definition) is 7. The average Bonchev–Trinajstić information content (AvgIpc) is 3.43. The zero-order valence-corrected chi connectivity index (χ0v) is 25.2. The fourth-order valence-corrected chi connectivity index (χ4v) is 4.99.